The maximum Gasteiger partial charge on any atom is 0.321 e. The molecule has 1 aliphatic rings. The van der Waals surface area contributed by atoms with Crippen LogP contribution in [0.25, 0.3) is 11.4 Å². The highest BCUT2D eigenvalue weighted by molar-refractivity contribution is 7.99. The number of hydrogen-bond acceptors (Lipinski definition) is 5. The van der Waals surface area contributed by atoms with Gasteiger partial charge in [0.05, 0.1) is 10.8 Å². The zero-order chi connectivity index (χ0) is 17.1. The topological polar surface area (TPSA) is 88.9 Å². The summed E-state index contributed by atoms with van der Waals surface area (Å²) in [4.78, 5) is 23.3. The van der Waals surface area contributed by atoms with Crippen LogP contribution in [0.3, 0.4) is 0 Å². The molecule has 1 fully saturated rings. The molecule has 3 rings (SSSR count). The number of thioether (sulfide) groups is 1. The molecule has 1 saturated carbocycles. The maximum absolute atomic E-state index is 11.8. The fourth-order valence-corrected chi connectivity index (χ4v) is 2.99. The molecule has 1 aliphatic carbocycles. The van der Waals surface area contributed by atoms with E-state index in [0.29, 0.717) is 16.0 Å². The number of amides is 3. The smallest absolute Gasteiger partial charge is 0.321 e. The van der Waals surface area contributed by atoms with Crippen LogP contribution < -0.4 is 10.6 Å². The second kappa shape index (κ2) is 7.23. The average Bonchev–Trinajstić information content (AvgIpc) is 3.28. The molecule has 24 heavy (non-hydrogen) atoms. The SMILES string of the molecule is Cn1c(SCC(=O)NC(=O)NC2CC2)nnc1-c1ccccc1Cl. The van der Waals surface area contributed by atoms with E-state index in [1.807, 2.05) is 18.2 Å². The minimum absolute atomic E-state index is 0.0760. The molecule has 0 saturated heterocycles. The third-order valence-corrected chi connectivity index (χ3v) is 4.80. The van der Waals surface area contributed by atoms with E-state index < -0.39 is 6.03 Å². The molecule has 2 N–H and O–H groups in total. The van der Waals surface area contributed by atoms with Gasteiger partial charge in [0.1, 0.15) is 0 Å². The number of aromatic nitrogens is 3. The zero-order valence-corrected chi connectivity index (χ0v) is 14.5. The summed E-state index contributed by atoms with van der Waals surface area (Å²) in [5.41, 5.74) is 0.772. The third-order valence-electron chi connectivity index (χ3n) is 3.45. The van der Waals surface area contributed by atoms with E-state index in [1.165, 1.54) is 11.8 Å². The molecule has 1 aromatic carbocycles. The summed E-state index contributed by atoms with van der Waals surface area (Å²) in [5.74, 6) is 0.322. The van der Waals surface area contributed by atoms with E-state index >= 15 is 0 Å². The van der Waals surface area contributed by atoms with Crippen LogP contribution in [0.4, 0.5) is 4.79 Å². The first-order valence-corrected chi connectivity index (χ1v) is 8.78. The first-order valence-electron chi connectivity index (χ1n) is 7.42. The number of benzene rings is 1. The zero-order valence-electron chi connectivity index (χ0n) is 13.0. The molecular formula is C15H16ClN5O2S. The van der Waals surface area contributed by atoms with Crippen molar-refractivity contribution in [3.05, 3.63) is 29.3 Å². The van der Waals surface area contributed by atoms with Crippen molar-refractivity contribution in [2.45, 2.75) is 24.0 Å². The van der Waals surface area contributed by atoms with Gasteiger partial charge in [-0.05, 0) is 25.0 Å². The Morgan fingerprint density at radius 1 is 1.33 bits per heavy atom. The Bertz CT molecular complexity index is 775. The Balaban J connectivity index is 1.59. The van der Waals surface area contributed by atoms with Gasteiger partial charge in [0.2, 0.25) is 5.91 Å². The van der Waals surface area contributed by atoms with Crippen LogP contribution in [0.5, 0.6) is 0 Å². The molecule has 0 atom stereocenters. The summed E-state index contributed by atoms with van der Waals surface area (Å²) in [6, 6.07) is 7.11. The molecule has 7 nitrogen and oxygen atoms in total. The molecule has 0 bridgehead atoms. The van der Waals surface area contributed by atoms with Crippen molar-refractivity contribution < 1.29 is 9.59 Å². The van der Waals surface area contributed by atoms with Gasteiger partial charge in [-0.3, -0.25) is 10.1 Å². The summed E-state index contributed by atoms with van der Waals surface area (Å²) in [7, 11) is 1.80. The summed E-state index contributed by atoms with van der Waals surface area (Å²) in [6.45, 7) is 0. The largest absolute Gasteiger partial charge is 0.335 e. The number of carbonyl (C=O) groups excluding carboxylic acids is 2. The minimum atomic E-state index is -0.446. The van der Waals surface area contributed by atoms with E-state index in [1.54, 1.807) is 17.7 Å². The molecule has 2 aromatic rings. The molecule has 0 spiro atoms. The molecule has 9 heteroatoms. The Morgan fingerprint density at radius 3 is 2.79 bits per heavy atom. The number of nitrogens with zero attached hydrogens (tertiary/aromatic N) is 3. The van der Waals surface area contributed by atoms with E-state index in [4.69, 9.17) is 11.6 Å². The molecule has 0 unspecified atom stereocenters. The summed E-state index contributed by atoms with van der Waals surface area (Å²) in [6.07, 6.45) is 1.94. The van der Waals surface area contributed by atoms with Crippen LogP contribution >= 0.6 is 23.4 Å². The van der Waals surface area contributed by atoms with E-state index in [0.717, 1.165) is 18.4 Å². The highest BCUT2D eigenvalue weighted by Crippen LogP contribution is 2.28. The van der Waals surface area contributed by atoms with Gasteiger partial charge in [-0.1, -0.05) is 35.5 Å². The lowest BCUT2D eigenvalue weighted by molar-refractivity contribution is -0.117. The second-order valence-corrected chi connectivity index (χ2v) is 6.78. The van der Waals surface area contributed by atoms with Gasteiger partial charge >= 0.3 is 6.03 Å². The molecule has 126 valence electrons. The van der Waals surface area contributed by atoms with Crippen molar-refractivity contribution >= 4 is 35.3 Å². The van der Waals surface area contributed by atoms with E-state index in [2.05, 4.69) is 20.8 Å². The Hall–Kier alpha value is -2.06. The quantitative estimate of drug-likeness (QED) is 0.793. The van der Waals surface area contributed by atoms with Gasteiger partial charge in [-0.25, -0.2) is 4.79 Å². The van der Waals surface area contributed by atoms with Crippen LogP contribution in [-0.2, 0) is 11.8 Å². The molecule has 1 aromatic heterocycles. The van der Waals surface area contributed by atoms with Crippen molar-refractivity contribution in [2.75, 3.05) is 5.75 Å². The monoisotopic (exact) mass is 365 g/mol. The van der Waals surface area contributed by atoms with Gasteiger partial charge in [0.15, 0.2) is 11.0 Å². The van der Waals surface area contributed by atoms with Gasteiger partial charge in [0.25, 0.3) is 0 Å². The molecule has 1 heterocycles. The Kier molecular flexibility index (Phi) is 5.06. The Labute approximate surface area is 148 Å². The Morgan fingerprint density at radius 2 is 2.08 bits per heavy atom. The number of imide groups is 1. The van der Waals surface area contributed by atoms with Crippen molar-refractivity contribution in [3.8, 4) is 11.4 Å². The average molecular weight is 366 g/mol. The van der Waals surface area contributed by atoms with Gasteiger partial charge in [0, 0.05) is 18.7 Å². The van der Waals surface area contributed by atoms with E-state index in [9.17, 15) is 9.59 Å². The van der Waals surface area contributed by atoms with E-state index in [-0.39, 0.29) is 17.7 Å². The van der Waals surface area contributed by atoms with Crippen LogP contribution in [0.15, 0.2) is 29.4 Å². The molecule has 0 aliphatic heterocycles. The number of urea groups is 1. The lowest BCUT2D eigenvalue weighted by Gasteiger charge is -2.06. The van der Waals surface area contributed by atoms with Crippen molar-refractivity contribution in [2.24, 2.45) is 7.05 Å². The first-order chi connectivity index (χ1) is 11.5. The van der Waals surface area contributed by atoms with Crippen molar-refractivity contribution in [1.82, 2.24) is 25.4 Å². The van der Waals surface area contributed by atoms with Crippen LogP contribution in [-0.4, -0.2) is 38.5 Å². The van der Waals surface area contributed by atoms with Crippen LogP contribution in [0, 0.1) is 0 Å². The lowest BCUT2D eigenvalue weighted by atomic mass is 10.2. The molecule has 0 radical (unpaired) electrons. The highest BCUT2D eigenvalue weighted by Gasteiger charge is 2.24. The minimum Gasteiger partial charge on any atom is -0.335 e. The number of nitrogens with one attached hydrogen (secondary N) is 2. The number of carbonyl (C=O) groups is 2. The standard InChI is InChI=1S/C15H16ClN5O2S/c1-21-13(10-4-2-3-5-11(10)16)19-20-15(21)24-8-12(22)18-14(23)17-9-6-7-9/h2-5,9H,6-8H2,1H3,(H2,17,18,22,23). The first kappa shape index (κ1) is 16.8. The predicted molar refractivity (Wildman–Crippen MR) is 91.9 cm³/mol. The van der Waals surface area contributed by atoms with Crippen LogP contribution in [0.2, 0.25) is 5.02 Å². The summed E-state index contributed by atoms with van der Waals surface area (Å²) in [5, 5.41) is 14.4. The number of hydrogen-bond donors (Lipinski definition) is 2. The van der Waals surface area contributed by atoms with Gasteiger partial charge in [-0.2, -0.15) is 0 Å². The lowest BCUT2D eigenvalue weighted by Crippen LogP contribution is -2.41. The summed E-state index contributed by atoms with van der Waals surface area (Å²) < 4.78 is 1.77. The normalized spacial score (nSPS) is 13.6. The fourth-order valence-electron chi connectivity index (χ4n) is 2.06. The highest BCUT2D eigenvalue weighted by atomic mass is 35.5. The fraction of sp³-hybridized carbons (Fsp3) is 0.333. The predicted octanol–water partition coefficient (Wildman–Crippen LogP) is 2.22. The summed E-state index contributed by atoms with van der Waals surface area (Å²) >= 11 is 7.38. The third kappa shape index (κ3) is 4.07. The van der Waals surface area contributed by atoms with Crippen molar-refractivity contribution in [1.29, 1.82) is 0 Å². The molecular weight excluding hydrogens is 350 g/mol. The van der Waals surface area contributed by atoms with Crippen molar-refractivity contribution in [3.63, 3.8) is 0 Å². The van der Waals surface area contributed by atoms with Crippen LogP contribution in [0.1, 0.15) is 12.8 Å². The van der Waals surface area contributed by atoms with Gasteiger partial charge in [-0.15, -0.1) is 10.2 Å². The maximum atomic E-state index is 11.8. The molecule has 3 amide bonds. The second-order valence-electron chi connectivity index (χ2n) is 5.43. The number of halogens is 1. The van der Waals surface area contributed by atoms with Gasteiger partial charge < -0.3 is 9.88 Å². The number of rotatable bonds is 5.